The number of amides is 1. The second-order valence-corrected chi connectivity index (χ2v) is 8.39. The van der Waals surface area contributed by atoms with Gasteiger partial charge in [0, 0.05) is 25.2 Å². The number of carbonyl (C=O) groups is 1. The minimum absolute atomic E-state index is 0.151. The number of ether oxygens (including phenoxy) is 2. The molecule has 1 unspecified atom stereocenters. The number of rotatable bonds is 4. The molecule has 0 radical (unpaired) electrons. The van der Waals surface area contributed by atoms with Gasteiger partial charge in [-0.25, -0.2) is 8.42 Å². The molecule has 0 aliphatic carbocycles. The molecule has 2 heterocycles. The van der Waals surface area contributed by atoms with Gasteiger partial charge in [0.25, 0.3) is 5.91 Å². The van der Waals surface area contributed by atoms with Crippen LogP contribution in [0.2, 0.25) is 0 Å². The number of morpholine rings is 1. The first-order chi connectivity index (χ1) is 13.0. The summed E-state index contributed by atoms with van der Waals surface area (Å²) in [5.74, 6) is 0.411. The van der Waals surface area contributed by atoms with Gasteiger partial charge >= 0.3 is 0 Å². The number of carbonyl (C=O) groups excluding carboxylic acids is 1. The van der Waals surface area contributed by atoms with Crippen molar-refractivity contribution >= 4 is 21.6 Å². The Morgan fingerprint density at radius 2 is 1.85 bits per heavy atom. The van der Waals surface area contributed by atoms with Crippen LogP contribution < -0.4 is 10.1 Å². The Kier molecular flexibility index (Phi) is 4.86. The van der Waals surface area contributed by atoms with Crippen LogP contribution in [0, 0.1) is 0 Å². The van der Waals surface area contributed by atoms with Crippen LogP contribution in [0.5, 0.6) is 5.75 Å². The smallest absolute Gasteiger partial charge is 0.265 e. The molecule has 7 nitrogen and oxygen atoms in total. The van der Waals surface area contributed by atoms with Crippen molar-refractivity contribution in [1.29, 1.82) is 0 Å². The number of anilines is 1. The normalized spacial score (nSPS) is 19.9. The van der Waals surface area contributed by atoms with Gasteiger partial charge in [0.1, 0.15) is 5.75 Å². The Labute approximate surface area is 157 Å². The number of benzene rings is 2. The molecule has 2 aliphatic heterocycles. The van der Waals surface area contributed by atoms with E-state index < -0.39 is 16.1 Å². The van der Waals surface area contributed by atoms with E-state index in [0.29, 0.717) is 44.2 Å². The van der Waals surface area contributed by atoms with Crippen molar-refractivity contribution in [2.75, 3.05) is 31.6 Å². The van der Waals surface area contributed by atoms with Crippen molar-refractivity contribution < 1.29 is 22.7 Å². The summed E-state index contributed by atoms with van der Waals surface area (Å²) in [6, 6.07) is 13.8. The van der Waals surface area contributed by atoms with E-state index in [1.54, 1.807) is 12.1 Å². The topological polar surface area (TPSA) is 84.9 Å². The zero-order valence-electron chi connectivity index (χ0n) is 14.6. The first-order valence-corrected chi connectivity index (χ1v) is 10.2. The molecular weight excluding hydrogens is 368 g/mol. The lowest BCUT2D eigenvalue weighted by atomic mass is 10.1. The molecule has 2 aliphatic rings. The highest BCUT2D eigenvalue weighted by Crippen LogP contribution is 2.29. The van der Waals surface area contributed by atoms with Crippen LogP contribution in [0.1, 0.15) is 5.56 Å². The van der Waals surface area contributed by atoms with Crippen molar-refractivity contribution in [1.82, 2.24) is 4.31 Å². The molecule has 1 fully saturated rings. The molecule has 2 aromatic carbocycles. The summed E-state index contributed by atoms with van der Waals surface area (Å²) in [7, 11) is -3.61. The largest absolute Gasteiger partial charge is 0.480 e. The highest BCUT2D eigenvalue weighted by molar-refractivity contribution is 7.89. The molecule has 2 aromatic rings. The van der Waals surface area contributed by atoms with Gasteiger partial charge in [0.15, 0.2) is 6.10 Å². The predicted octanol–water partition coefficient (Wildman–Crippen LogP) is 1.65. The van der Waals surface area contributed by atoms with Gasteiger partial charge < -0.3 is 14.8 Å². The number of hydrogen-bond acceptors (Lipinski definition) is 5. The monoisotopic (exact) mass is 388 g/mol. The Hall–Kier alpha value is -2.42. The molecule has 8 heteroatoms. The molecule has 0 saturated carbocycles. The lowest BCUT2D eigenvalue weighted by Crippen LogP contribution is -2.40. The highest BCUT2D eigenvalue weighted by Gasteiger charge is 2.30. The Morgan fingerprint density at radius 1 is 1.07 bits per heavy atom. The van der Waals surface area contributed by atoms with Crippen molar-refractivity contribution in [3.05, 3.63) is 54.1 Å². The maximum atomic E-state index is 12.8. The van der Waals surface area contributed by atoms with Gasteiger partial charge in [-0.3, -0.25) is 4.79 Å². The summed E-state index contributed by atoms with van der Waals surface area (Å²) in [6.07, 6.45) is -0.129. The van der Waals surface area contributed by atoms with Crippen LogP contribution in [0.3, 0.4) is 0 Å². The van der Waals surface area contributed by atoms with E-state index in [1.165, 1.54) is 16.4 Å². The third kappa shape index (κ3) is 3.69. The molecule has 1 amide bonds. The van der Waals surface area contributed by atoms with E-state index in [4.69, 9.17) is 9.47 Å². The molecule has 0 spiro atoms. The van der Waals surface area contributed by atoms with E-state index in [9.17, 15) is 13.2 Å². The summed E-state index contributed by atoms with van der Waals surface area (Å²) in [5, 5.41) is 2.76. The molecule has 4 rings (SSSR count). The number of nitrogens with zero attached hydrogens (tertiary/aromatic N) is 1. The molecule has 1 saturated heterocycles. The quantitative estimate of drug-likeness (QED) is 0.861. The van der Waals surface area contributed by atoms with E-state index in [2.05, 4.69) is 5.32 Å². The zero-order chi connectivity index (χ0) is 18.9. The van der Waals surface area contributed by atoms with Crippen LogP contribution in [-0.4, -0.2) is 51.0 Å². The van der Waals surface area contributed by atoms with Gasteiger partial charge in [-0.05, 0) is 29.8 Å². The molecule has 0 bridgehead atoms. The Bertz CT molecular complexity index is 929. The predicted molar refractivity (Wildman–Crippen MR) is 99.2 cm³/mol. The first kappa shape index (κ1) is 18.0. The molecule has 1 atom stereocenters. The highest BCUT2D eigenvalue weighted by atomic mass is 32.2. The van der Waals surface area contributed by atoms with Crippen LogP contribution in [0.4, 0.5) is 5.69 Å². The van der Waals surface area contributed by atoms with Crippen molar-refractivity contribution in [2.24, 2.45) is 0 Å². The van der Waals surface area contributed by atoms with Crippen molar-refractivity contribution in [3.63, 3.8) is 0 Å². The average Bonchev–Trinajstić information content (AvgIpc) is 3.13. The molecule has 27 heavy (non-hydrogen) atoms. The van der Waals surface area contributed by atoms with Gasteiger partial charge in [-0.2, -0.15) is 4.31 Å². The Balaban J connectivity index is 1.47. The summed E-state index contributed by atoms with van der Waals surface area (Å²) in [6.45, 7) is 1.42. The lowest BCUT2D eigenvalue weighted by Gasteiger charge is -2.26. The molecular formula is C19H20N2O5S. The fraction of sp³-hybridized carbons (Fsp3) is 0.316. The van der Waals surface area contributed by atoms with Crippen molar-refractivity contribution in [3.8, 4) is 5.75 Å². The first-order valence-electron chi connectivity index (χ1n) is 8.77. The van der Waals surface area contributed by atoms with E-state index in [1.807, 2.05) is 24.3 Å². The average molecular weight is 388 g/mol. The van der Waals surface area contributed by atoms with Crippen molar-refractivity contribution in [2.45, 2.75) is 17.4 Å². The third-order valence-corrected chi connectivity index (χ3v) is 6.54. The summed E-state index contributed by atoms with van der Waals surface area (Å²) < 4.78 is 37.8. The molecule has 1 N–H and O–H groups in total. The van der Waals surface area contributed by atoms with Gasteiger partial charge in [-0.15, -0.1) is 0 Å². The third-order valence-electron chi connectivity index (χ3n) is 4.65. The maximum absolute atomic E-state index is 12.8. The summed E-state index contributed by atoms with van der Waals surface area (Å²) in [4.78, 5) is 12.7. The summed E-state index contributed by atoms with van der Waals surface area (Å²) in [5.41, 5.74) is 1.41. The number of nitrogens with one attached hydrogen (secondary N) is 1. The molecule has 142 valence electrons. The fourth-order valence-electron chi connectivity index (χ4n) is 3.22. The van der Waals surface area contributed by atoms with Crippen LogP contribution >= 0.6 is 0 Å². The SMILES string of the molecule is O=C(Nc1cccc(S(=O)(=O)N2CCOCC2)c1)C1Cc2ccccc2O1. The molecule has 0 aromatic heterocycles. The van der Waals surface area contributed by atoms with Gasteiger partial charge in [0.05, 0.1) is 18.1 Å². The number of fused-ring (bicyclic) bond motifs is 1. The number of para-hydroxylation sites is 1. The fourth-order valence-corrected chi connectivity index (χ4v) is 4.68. The standard InChI is InChI=1S/C19H20N2O5S/c22-19(18-12-14-4-1-2-7-17(14)26-18)20-15-5-3-6-16(13-15)27(23,24)21-8-10-25-11-9-21/h1-7,13,18H,8-12H2,(H,20,22). The number of sulfonamides is 1. The van der Waals surface area contributed by atoms with Gasteiger partial charge in [-0.1, -0.05) is 24.3 Å². The van der Waals surface area contributed by atoms with Crippen LogP contribution in [0.15, 0.2) is 53.4 Å². The number of hydrogen-bond donors (Lipinski definition) is 1. The van der Waals surface area contributed by atoms with E-state index in [-0.39, 0.29) is 10.8 Å². The van der Waals surface area contributed by atoms with E-state index >= 15 is 0 Å². The van der Waals surface area contributed by atoms with Gasteiger partial charge in [0.2, 0.25) is 10.0 Å². The second kappa shape index (κ2) is 7.30. The lowest BCUT2D eigenvalue weighted by molar-refractivity contribution is -0.122. The van der Waals surface area contributed by atoms with Crippen LogP contribution in [0.25, 0.3) is 0 Å². The zero-order valence-corrected chi connectivity index (χ0v) is 15.4. The van der Waals surface area contributed by atoms with Crippen LogP contribution in [-0.2, 0) is 26.0 Å². The minimum Gasteiger partial charge on any atom is -0.480 e. The van der Waals surface area contributed by atoms with E-state index in [0.717, 1.165) is 5.56 Å². The second-order valence-electron chi connectivity index (χ2n) is 6.45. The maximum Gasteiger partial charge on any atom is 0.265 e. The minimum atomic E-state index is -3.61. The Morgan fingerprint density at radius 3 is 2.63 bits per heavy atom. The summed E-state index contributed by atoms with van der Waals surface area (Å²) >= 11 is 0.